The molecule has 3 nitrogen and oxygen atoms in total. The highest BCUT2D eigenvalue weighted by molar-refractivity contribution is 14.1. The Morgan fingerprint density at radius 3 is 2.86 bits per heavy atom. The summed E-state index contributed by atoms with van der Waals surface area (Å²) in [6.45, 7) is 4.11. The van der Waals surface area contributed by atoms with Crippen LogP contribution in [0.15, 0.2) is 36.4 Å². The molecule has 1 heterocycles. The van der Waals surface area contributed by atoms with Gasteiger partial charge in [-0.1, -0.05) is 6.07 Å². The zero-order valence-electron chi connectivity index (χ0n) is 12.2. The second-order valence-corrected chi connectivity index (χ2v) is 6.41. The molecule has 0 fully saturated rings. The number of carbonyl (C=O) groups is 1. The second kappa shape index (κ2) is 6.24. The zero-order chi connectivity index (χ0) is 15.7. The maximum Gasteiger partial charge on any atom is 0.256 e. The Bertz CT molecular complexity index is 733. The van der Waals surface area contributed by atoms with E-state index in [2.05, 4.69) is 23.2 Å². The van der Waals surface area contributed by atoms with Crippen molar-refractivity contribution in [2.75, 3.05) is 23.3 Å². The number of fused-ring (bicyclic) bond motifs is 1. The molecule has 0 unspecified atom stereocenters. The minimum atomic E-state index is -0.336. The number of amides is 1. The number of hydrogen-bond donors (Lipinski definition) is 1. The van der Waals surface area contributed by atoms with Gasteiger partial charge in [0, 0.05) is 28.0 Å². The van der Waals surface area contributed by atoms with Crippen molar-refractivity contribution >= 4 is 39.9 Å². The first kappa shape index (κ1) is 15.3. The smallest absolute Gasteiger partial charge is 0.256 e. The summed E-state index contributed by atoms with van der Waals surface area (Å²) in [6, 6.07) is 10.2. The van der Waals surface area contributed by atoms with Crippen LogP contribution in [0.2, 0.25) is 0 Å². The Labute approximate surface area is 142 Å². The van der Waals surface area contributed by atoms with Crippen LogP contribution in [-0.2, 0) is 6.42 Å². The number of anilines is 2. The molecule has 0 atom stereocenters. The summed E-state index contributed by atoms with van der Waals surface area (Å²) in [6.07, 6.45) is 1.05. The summed E-state index contributed by atoms with van der Waals surface area (Å²) >= 11 is 1.97. The fourth-order valence-electron chi connectivity index (χ4n) is 2.72. The minimum Gasteiger partial charge on any atom is -0.371 e. The molecule has 1 aliphatic heterocycles. The molecule has 5 heteroatoms. The number of hydrogen-bond acceptors (Lipinski definition) is 2. The molecule has 2 aromatic rings. The summed E-state index contributed by atoms with van der Waals surface area (Å²) in [5, 5.41) is 2.90. The number of carbonyl (C=O) groups excluding carboxylic acids is 1. The van der Waals surface area contributed by atoms with Gasteiger partial charge in [0.05, 0.1) is 5.56 Å². The lowest BCUT2D eigenvalue weighted by Gasteiger charge is -2.17. The normalized spacial score (nSPS) is 13.1. The van der Waals surface area contributed by atoms with E-state index in [1.165, 1.54) is 29.4 Å². The van der Waals surface area contributed by atoms with E-state index in [0.29, 0.717) is 9.13 Å². The molecule has 0 spiro atoms. The van der Waals surface area contributed by atoms with E-state index in [-0.39, 0.29) is 11.7 Å². The van der Waals surface area contributed by atoms with Crippen molar-refractivity contribution in [3.05, 3.63) is 56.9 Å². The summed E-state index contributed by atoms with van der Waals surface area (Å²) in [4.78, 5) is 14.6. The fourth-order valence-corrected chi connectivity index (χ4v) is 3.45. The summed E-state index contributed by atoms with van der Waals surface area (Å²) < 4.78 is 13.7. The van der Waals surface area contributed by atoms with E-state index < -0.39 is 0 Å². The molecule has 0 saturated heterocycles. The van der Waals surface area contributed by atoms with Crippen LogP contribution >= 0.6 is 22.6 Å². The van der Waals surface area contributed by atoms with Gasteiger partial charge in [-0.3, -0.25) is 4.79 Å². The number of rotatable bonds is 3. The first-order valence-corrected chi connectivity index (χ1v) is 8.30. The third-order valence-corrected chi connectivity index (χ3v) is 4.78. The Kier molecular flexibility index (Phi) is 4.33. The highest BCUT2D eigenvalue weighted by Gasteiger charge is 2.18. The van der Waals surface area contributed by atoms with Crippen molar-refractivity contribution in [3.63, 3.8) is 0 Å². The Balaban J connectivity index is 1.83. The van der Waals surface area contributed by atoms with Crippen molar-refractivity contribution in [2.45, 2.75) is 13.3 Å². The molecule has 1 aliphatic rings. The van der Waals surface area contributed by atoms with Gasteiger partial charge >= 0.3 is 0 Å². The summed E-state index contributed by atoms with van der Waals surface area (Å²) in [5.41, 5.74) is 3.75. The maximum absolute atomic E-state index is 13.1. The van der Waals surface area contributed by atoms with Crippen molar-refractivity contribution < 1.29 is 9.18 Å². The highest BCUT2D eigenvalue weighted by atomic mass is 127. The maximum atomic E-state index is 13.1. The zero-order valence-corrected chi connectivity index (χ0v) is 14.4. The quantitative estimate of drug-likeness (QED) is 0.775. The summed E-state index contributed by atoms with van der Waals surface area (Å²) in [5.74, 6) is -0.553. The fraction of sp³-hybridized carbons (Fsp3) is 0.235. The van der Waals surface area contributed by atoms with Crippen LogP contribution < -0.4 is 10.2 Å². The van der Waals surface area contributed by atoms with E-state index in [4.69, 9.17) is 0 Å². The van der Waals surface area contributed by atoms with E-state index in [1.54, 1.807) is 0 Å². The van der Waals surface area contributed by atoms with Crippen LogP contribution in [0.5, 0.6) is 0 Å². The average molecular weight is 410 g/mol. The molecular weight excluding hydrogens is 394 g/mol. The number of benzene rings is 2. The molecule has 22 heavy (non-hydrogen) atoms. The van der Waals surface area contributed by atoms with Gasteiger partial charge in [0.2, 0.25) is 0 Å². The Morgan fingerprint density at radius 1 is 1.32 bits per heavy atom. The van der Waals surface area contributed by atoms with Crippen molar-refractivity contribution in [3.8, 4) is 0 Å². The molecule has 1 N–H and O–H groups in total. The Morgan fingerprint density at radius 2 is 2.14 bits per heavy atom. The highest BCUT2D eigenvalue weighted by Crippen LogP contribution is 2.30. The summed E-state index contributed by atoms with van der Waals surface area (Å²) in [7, 11) is 0. The molecule has 1 amide bonds. The van der Waals surface area contributed by atoms with Gasteiger partial charge in [0.1, 0.15) is 5.82 Å². The van der Waals surface area contributed by atoms with Crippen LogP contribution in [0.25, 0.3) is 0 Å². The number of halogens is 2. The predicted molar refractivity (Wildman–Crippen MR) is 95.1 cm³/mol. The van der Waals surface area contributed by atoms with Crippen LogP contribution in [0.3, 0.4) is 0 Å². The molecule has 3 rings (SSSR count). The van der Waals surface area contributed by atoms with Crippen molar-refractivity contribution in [1.29, 1.82) is 0 Å². The van der Waals surface area contributed by atoms with Crippen molar-refractivity contribution in [2.24, 2.45) is 0 Å². The van der Waals surface area contributed by atoms with Crippen LogP contribution in [0.4, 0.5) is 15.8 Å². The van der Waals surface area contributed by atoms with Gasteiger partial charge in [-0.25, -0.2) is 4.39 Å². The molecule has 0 aliphatic carbocycles. The van der Waals surface area contributed by atoms with E-state index in [1.807, 2.05) is 34.7 Å². The lowest BCUT2D eigenvalue weighted by molar-refractivity contribution is 0.102. The molecule has 0 bridgehead atoms. The predicted octanol–water partition coefficient (Wildman–Crippen LogP) is 4.07. The van der Waals surface area contributed by atoms with Gasteiger partial charge < -0.3 is 10.2 Å². The first-order chi connectivity index (χ1) is 10.6. The minimum absolute atomic E-state index is 0.217. The van der Waals surface area contributed by atoms with Gasteiger partial charge in [-0.15, -0.1) is 0 Å². The largest absolute Gasteiger partial charge is 0.371 e. The van der Waals surface area contributed by atoms with Crippen molar-refractivity contribution in [1.82, 2.24) is 0 Å². The monoisotopic (exact) mass is 410 g/mol. The number of nitrogens with zero attached hydrogens (tertiary/aromatic N) is 1. The van der Waals surface area contributed by atoms with E-state index in [0.717, 1.165) is 25.2 Å². The average Bonchev–Trinajstić information content (AvgIpc) is 2.89. The molecule has 0 radical (unpaired) electrons. The van der Waals surface area contributed by atoms with Crippen LogP contribution in [0.1, 0.15) is 22.8 Å². The van der Waals surface area contributed by atoms with Crippen LogP contribution in [-0.4, -0.2) is 19.0 Å². The lowest BCUT2D eigenvalue weighted by Crippen LogP contribution is -2.19. The standard InChI is InChI=1S/C17H16FIN2O/c1-2-21-8-7-11-3-5-13(10-16(11)21)20-17(22)14-6-4-12(18)9-15(14)19/h3-6,9-10H,2,7-8H2,1H3,(H,20,22). The second-order valence-electron chi connectivity index (χ2n) is 5.25. The number of nitrogens with one attached hydrogen (secondary N) is 1. The molecule has 0 aromatic heterocycles. The van der Waals surface area contributed by atoms with Gasteiger partial charge in [0.25, 0.3) is 5.91 Å². The van der Waals surface area contributed by atoms with Gasteiger partial charge in [-0.05, 0) is 71.8 Å². The third kappa shape index (κ3) is 2.95. The van der Waals surface area contributed by atoms with E-state index >= 15 is 0 Å². The first-order valence-electron chi connectivity index (χ1n) is 7.22. The lowest BCUT2D eigenvalue weighted by atomic mass is 10.1. The SMILES string of the molecule is CCN1CCc2ccc(NC(=O)c3ccc(F)cc3I)cc21. The third-order valence-electron chi connectivity index (χ3n) is 3.89. The van der Waals surface area contributed by atoms with Gasteiger partial charge in [-0.2, -0.15) is 0 Å². The molecule has 2 aromatic carbocycles. The molecule has 0 saturated carbocycles. The topological polar surface area (TPSA) is 32.3 Å². The Hall–Kier alpha value is -1.63. The number of likely N-dealkylation sites (N-methyl/N-ethyl adjacent to an activating group) is 1. The molecular formula is C17H16FIN2O. The van der Waals surface area contributed by atoms with Crippen LogP contribution in [0, 0.1) is 9.39 Å². The van der Waals surface area contributed by atoms with Gasteiger partial charge in [0.15, 0.2) is 0 Å². The molecule has 114 valence electrons. The van der Waals surface area contributed by atoms with E-state index in [9.17, 15) is 9.18 Å².